The number of nitrogens with zero attached hydrogens (tertiary/aromatic N) is 6. The van der Waals surface area contributed by atoms with Gasteiger partial charge in [0.25, 0.3) is 8.32 Å². The van der Waals surface area contributed by atoms with Crippen LogP contribution in [-0.4, -0.2) is 95.2 Å². The minimum atomic E-state index is -2.76. The Labute approximate surface area is 334 Å². The molecule has 300 valence electrons. The van der Waals surface area contributed by atoms with E-state index < -0.39 is 20.5 Å². The lowest BCUT2D eigenvalue weighted by atomic mass is 10.0. The number of carbonyl (C=O) groups is 2. The molecule has 2 amide bonds. The first-order chi connectivity index (χ1) is 27.5. The fourth-order valence-electron chi connectivity index (χ4n) is 7.57. The van der Waals surface area contributed by atoms with Crippen molar-refractivity contribution in [2.45, 2.75) is 71.0 Å². The number of amides is 2. The molecule has 0 saturated heterocycles. The molecule has 4 heterocycles. The zero-order valence-electron chi connectivity index (χ0n) is 33.5. The van der Waals surface area contributed by atoms with E-state index in [0.717, 1.165) is 24.0 Å². The Kier molecular flexibility index (Phi) is 12.9. The lowest BCUT2D eigenvalue weighted by Crippen LogP contribution is -2.66. The molecule has 0 radical (unpaired) electrons. The van der Waals surface area contributed by atoms with E-state index in [1.54, 1.807) is 24.2 Å². The van der Waals surface area contributed by atoms with Crippen LogP contribution < -0.4 is 25.7 Å². The van der Waals surface area contributed by atoms with Gasteiger partial charge in [-0.2, -0.15) is 10.1 Å². The third-order valence-corrected chi connectivity index (χ3v) is 15.4. The number of benzene rings is 2. The van der Waals surface area contributed by atoms with E-state index in [4.69, 9.17) is 23.9 Å². The molecule has 57 heavy (non-hydrogen) atoms. The molecule has 0 spiro atoms. The topological polar surface area (TPSA) is 166 Å². The third-order valence-electron chi connectivity index (χ3n) is 10.3. The summed E-state index contributed by atoms with van der Waals surface area (Å²) in [5, 5.41) is 22.8. The Morgan fingerprint density at radius 3 is 2.30 bits per heavy atom. The quantitative estimate of drug-likeness (QED) is 0.0958. The number of rotatable bonds is 15. The van der Waals surface area contributed by atoms with Gasteiger partial charge >= 0.3 is 12.2 Å². The first-order valence-electron chi connectivity index (χ1n) is 19.3. The number of methoxy groups -OCH3 is 2. The highest BCUT2D eigenvalue weighted by atomic mass is 28.4. The number of ether oxygens (including phenoxy) is 2. The van der Waals surface area contributed by atoms with Crippen molar-refractivity contribution in [1.29, 1.82) is 0 Å². The fraction of sp³-hybridized carbons (Fsp3) is 0.381. The molecule has 0 fully saturated rings. The molecule has 1 atom stereocenters. The summed E-state index contributed by atoms with van der Waals surface area (Å²) < 4.78 is 19.7. The number of hydrogen-bond acceptors (Lipinski definition) is 10. The van der Waals surface area contributed by atoms with Crippen LogP contribution in [0.3, 0.4) is 0 Å². The molecule has 0 saturated carbocycles. The van der Waals surface area contributed by atoms with Crippen LogP contribution in [0.15, 0.2) is 85.2 Å². The van der Waals surface area contributed by atoms with Crippen LogP contribution in [-0.2, 0) is 15.7 Å². The molecule has 0 bridgehead atoms. The van der Waals surface area contributed by atoms with Gasteiger partial charge in [0.15, 0.2) is 5.82 Å². The monoisotopic (exact) mass is 792 g/mol. The van der Waals surface area contributed by atoms with E-state index in [2.05, 4.69) is 96.9 Å². The van der Waals surface area contributed by atoms with Gasteiger partial charge in [-0.05, 0) is 46.3 Å². The Balaban J connectivity index is 1.31. The highest BCUT2D eigenvalue weighted by Gasteiger charge is 2.50. The fourth-order valence-corrected chi connectivity index (χ4v) is 12.1. The molecule has 0 aliphatic carbocycles. The predicted molar refractivity (Wildman–Crippen MR) is 224 cm³/mol. The molecule has 6 rings (SSSR count). The maximum Gasteiger partial charge on any atom is 0.413 e. The first kappa shape index (κ1) is 40.8. The highest BCUT2D eigenvalue weighted by molar-refractivity contribution is 6.99. The van der Waals surface area contributed by atoms with E-state index in [1.807, 2.05) is 24.3 Å². The van der Waals surface area contributed by atoms with Gasteiger partial charge in [0.05, 0.1) is 27.0 Å². The smallest absolute Gasteiger partial charge is 0.413 e. The van der Waals surface area contributed by atoms with Gasteiger partial charge < -0.3 is 29.2 Å². The second kappa shape index (κ2) is 18.0. The van der Waals surface area contributed by atoms with Gasteiger partial charge in [-0.1, -0.05) is 101 Å². The van der Waals surface area contributed by atoms with Crippen molar-refractivity contribution in [1.82, 2.24) is 29.6 Å². The Bertz CT molecular complexity index is 2150. The summed E-state index contributed by atoms with van der Waals surface area (Å²) in [6.45, 7) is 10.4. The van der Waals surface area contributed by atoms with Crippen LogP contribution in [0.1, 0.15) is 64.6 Å². The van der Waals surface area contributed by atoms with Crippen LogP contribution in [0.25, 0.3) is 16.6 Å². The molecule has 2 aromatic carbocycles. The molecular weight excluding hydrogens is 741 g/mol. The van der Waals surface area contributed by atoms with Crippen LogP contribution in [0, 0.1) is 0 Å². The van der Waals surface area contributed by atoms with Crippen molar-refractivity contribution < 1.29 is 28.6 Å². The minimum Gasteiger partial charge on any atom is -0.495 e. The average Bonchev–Trinajstić information content (AvgIpc) is 3.62. The number of aromatic nitrogens is 5. The number of nitrogens with one attached hydrogen (secondary N) is 2. The van der Waals surface area contributed by atoms with Crippen LogP contribution >= 0.6 is 0 Å². The summed E-state index contributed by atoms with van der Waals surface area (Å²) >= 11 is 0. The number of carbonyl (C=O) groups excluding carboxylic acids is 1. The maximum absolute atomic E-state index is 12.3. The zero-order chi connectivity index (χ0) is 40.6. The molecule has 14 nitrogen and oxygen atoms in total. The van der Waals surface area contributed by atoms with Gasteiger partial charge in [-0.3, -0.25) is 15.0 Å². The highest BCUT2D eigenvalue weighted by Crippen LogP contribution is 2.37. The Morgan fingerprint density at radius 2 is 1.68 bits per heavy atom. The van der Waals surface area contributed by atoms with Crippen molar-refractivity contribution in [3.63, 3.8) is 0 Å². The van der Waals surface area contributed by atoms with Crippen LogP contribution in [0.5, 0.6) is 5.75 Å². The SMILES string of the molecule is CCCC(CCO[Si](c1ccccc1)(c1ccccc1)C(C)(C)C)Nc1nc(NC(=O)OC)nc2cnn(Cc3ncc(C4=CCCN(C(=O)O)C4)cc3OC)c12. The molecule has 1 aliphatic rings. The number of hydrogen-bond donors (Lipinski definition) is 3. The molecule has 5 aromatic rings. The predicted octanol–water partition coefficient (Wildman–Crippen LogP) is 6.77. The summed E-state index contributed by atoms with van der Waals surface area (Å²) in [5.74, 6) is 1.10. The van der Waals surface area contributed by atoms with Crippen molar-refractivity contribution in [3.05, 3.63) is 96.5 Å². The summed E-state index contributed by atoms with van der Waals surface area (Å²) in [4.78, 5) is 39.4. The van der Waals surface area contributed by atoms with Crippen molar-refractivity contribution in [3.8, 4) is 5.75 Å². The molecule has 1 aliphatic heterocycles. The average molecular weight is 793 g/mol. The molecule has 3 N–H and O–H groups in total. The van der Waals surface area contributed by atoms with Gasteiger partial charge in [-0.15, -0.1) is 0 Å². The summed E-state index contributed by atoms with van der Waals surface area (Å²) in [7, 11) is 0.103. The number of anilines is 2. The van der Waals surface area contributed by atoms with E-state index >= 15 is 0 Å². The van der Waals surface area contributed by atoms with Gasteiger partial charge in [-0.25, -0.2) is 14.6 Å². The Morgan fingerprint density at radius 1 is 0.982 bits per heavy atom. The minimum absolute atomic E-state index is 0.0540. The first-order valence-corrected chi connectivity index (χ1v) is 21.2. The Hall–Kier alpha value is -5.80. The molecule has 15 heteroatoms. The number of carboxylic acid groups (broad SMARTS) is 1. The standard InChI is InChI=1S/C42H52N8O6Si/c1-7-15-31(21-23-56-57(42(2,3)4,32-17-10-8-11-18-32)33-19-12-9-13-20-33)45-38-37-34(46-39(47-38)48-40(51)55-6)26-44-50(37)28-35-36(54-5)24-30(25-43-35)29-16-14-22-49(27-29)41(52)53/h8-13,16-20,24-26,31H,7,14-15,21-23,27-28H2,1-6H3,(H,52,53)(H2,45,46,47,48,51). The maximum atomic E-state index is 12.3. The van der Waals surface area contributed by atoms with Gasteiger partial charge in [0.2, 0.25) is 5.95 Å². The summed E-state index contributed by atoms with van der Waals surface area (Å²) in [6.07, 6.45) is 6.80. The van der Waals surface area contributed by atoms with E-state index in [0.29, 0.717) is 54.3 Å². The number of fused-ring (bicyclic) bond motifs is 1. The van der Waals surface area contributed by atoms with E-state index in [1.165, 1.54) is 22.4 Å². The van der Waals surface area contributed by atoms with Crippen molar-refractivity contribution in [2.75, 3.05) is 44.5 Å². The lowest BCUT2D eigenvalue weighted by Gasteiger charge is -2.43. The second-order valence-electron chi connectivity index (χ2n) is 15.1. The van der Waals surface area contributed by atoms with E-state index in [-0.39, 0.29) is 30.1 Å². The third kappa shape index (κ3) is 9.10. The van der Waals surface area contributed by atoms with E-state index in [9.17, 15) is 14.7 Å². The molecule has 3 aromatic heterocycles. The zero-order valence-corrected chi connectivity index (χ0v) is 34.5. The summed E-state index contributed by atoms with van der Waals surface area (Å²) in [6, 6.07) is 23.0. The van der Waals surface area contributed by atoms with Crippen molar-refractivity contribution >= 4 is 59.3 Å². The van der Waals surface area contributed by atoms with Crippen molar-refractivity contribution in [2.24, 2.45) is 0 Å². The van der Waals surface area contributed by atoms with Crippen LogP contribution in [0.4, 0.5) is 21.4 Å². The largest absolute Gasteiger partial charge is 0.495 e. The summed E-state index contributed by atoms with van der Waals surface area (Å²) in [5.41, 5.74) is 3.41. The van der Waals surface area contributed by atoms with Crippen LogP contribution in [0.2, 0.25) is 5.04 Å². The van der Waals surface area contributed by atoms with Gasteiger partial charge in [0.1, 0.15) is 22.5 Å². The number of pyridine rings is 1. The molecular formula is C42H52N8O6Si. The normalized spacial score (nSPS) is 13.9. The second-order valence-corrected chi connectivity index (χ2v) is 19.4. The lowest BCUT2D eigenvalue weighted by molar-refractivity contribution is 0.150. The molecule has 1 unspecified atom stereocenters. The van der Waals surface area contributed by atoms with Gasteiger partial charge in [0, 0.05) is 37.5 Å².